The van der Waals surface area contributed by atoms with Gasteiger partial charge in [-0.2, -0.15) is 0 Å². The summed E-state index contributed by atoms with van der Waals surface area (Å²) in [7, 11) is 0. The molecule has 1 aliphatic heterocycles. The van der Waals surface area contributed by atoms with Crippen molar-refractivity contribution >= 4 is 23.6 Å². The predicted molar refractivity (Wildman–Crippen MR) is 80.1 cm³/mol. The minimum atomic E-state index is 0.126. The zero-order chi connectivity index (χ0) is 13.7. The number of likely N-dealkylation sites (tertiary alicyclic amines) is 1. The van der Waals surface area contributed by atoms with Crippen molar-refractivity contribution in [3.63, 3.8) is 0 Å². The van der Waals surface area contributed by atoms with E-state index < -0.39 is 0 Å². The van der Waals surface area contributed by atoms with Crippen LogP contribution in [0.25, 0.3) is 6.08 Å². The molecule has 0 aliphatic carbocycles. The Morgan fingerprint density at radius 1 is 1.37 bits per heavy atom. The van der Waals surface area contributed by atoms with Gasteiger partial charge in [-0.3, -0.25) is 4.79 Å². The van der Waals surface area contributed by atoms with Crippen LogP contribution in [0.3, 0.4) is 0 Å². The van der Waals surface area contributed by atoms with E-state index in [1.165, 1.54) is 6.42 Å². The van der Waals surface area contributed by atoms with Crippen LogP contribution in [0.4, 0.5) is 0 Å². The van der Waals surface area contributed by atoms with E-state index in [1.54, 1.807) is 6.08 Å². The minimum Gasteiger partial charge on any atom is -0.336 e. The van der Waals surface area contributed by atoms with Crippen LogP contribution in [-0.2, 0) is 4.79 Å². The number of hydrogen-bond donors (Lipinski definition) is 0. The molecule has 19 heavy (non-hydrogen) atoms. The summed E-state index contributed by atoms with van der Waals surface area (Å²) in [5, 5.41) is 0.713. The molecular weight excluding hydrogens is 258 g/mol. The summed E-state index contributed by atoms with van der Waals surface area (Å²) < 4.78 is 0. The second kappa shape index (κ2) is 6.76. The zero-order valence-corrected chi connectivity index (χ0v) is 12.1. The molecule has 1 atom stereocenters. The highest BCUT2D eigenvalue weighted by atomic mass is 35.5. The Kier molecular flexibility index (Phi) is 5.03. The first-order valence-electron chi connectivity index (χ1n) is 6.95. The van der Waals surface area contributed by atoms with Crippen molar-refractivity contribution < 1.29 is 4.79 Å². The predicted octanol–water partition coefficient (Wildman–Crippen LogP) is 4.14. The van der Waals surface area contributed by atoms with E-state index in [1.807, 2.05) is 35.2 Å². The molecule has 0 spiro atoms. The maximum Gasteiger partial charge on any atom is 0.246 e. The van der Waals surface area contributed by atoms with Crippen molar-refractivity contribution in [2.45, 2.75) is 38.6 Å². The minimum absolute atomic E-state index is 0.126. The molecule has 2 rings (SSSR count). The average molecular weight is 278 g/mol. The van der Waals surface area contributed by atoms with E-state index in [0.29, 0.717) is 11.1 Å². The highest BCUT2D eigenvalue weighted by Crippen LogP contribution is 2.20. The van der Waals surface area contributed by atoms with Gasteiger partial charge in [0.2, 0.25) is 5.91 Å². The molecular formula is C16H20ClNO. The summed E-state index contributed by atoms with van der Waals surface area (Å²) in [5.41, 5.74) is 1.00. The third-order valence-corrected chi connectivity index (χ3v) is 3.92. The Hall–Kier alpha value is -1.28. The standard InChI is InChI=1S/C16H20ClNO/c1-2-15-5-3-4-12-18(15)16(19)11-8-13-6-9-14(17)10-7-13/h6-11,15H,2-5,12H2,1H3. The van der Waals surface area contributed by atoms with E-state index in [-0.39, 0.29) is 5.91 Å². The van der Waals surface area contributed by atoms with Crippen molar-refractivity contribution in [2.75, 3.05) is 6.54 Å². The summed E-state index contributed by atoms with van der Waals surface area (Å²) in [6.45, 7) is 3.04. The van der Waals surface area contributed by atoms with Crippen LogP contribution in [-0.4, -0.2) is 23.4 Å². The van der Waals surface area contributed by atoms with Crippen molar-refractivity contribution in [1.82, 2.24) is 4.90 Å². The van der Waals surface area contributed by atoms with Crippen LogP contribution < -0.4 is 0 Å². The van der Waals surface area contributed by atoms with Gasteiger partial charge in [0.15, 0.2) is 0 Å². The molecule has 1 aliphatic rings. The van der Waals surface area contributed by atoms with E-state index >= 15 is 0 Å². The molecule has 1 aromatic rings. The molecule has 1 unspecified atom stereocenters. The third-order valence-electron chi connectivity index (χ3n) is 3.67. The van der Waals surface area contributed by atoms with Gasteiger partial charge in [0.1, 0.15) is 0 Å². The van der Waals surface area contributed by atoms with Gasteiger partial charge in [0.05, 0.1) is 0 Å². The lowest BCUT2D eigenvalue weighted by molar-refractivity contribution is -0.129. The number of piperidine rings is 1. The van der Waals surface area contributed by atoms with Gasteiger partial charge >= 0.3 is 0 Å². The van der Waals surface area contributed by atoms with Gasteiger partial charge in [-0.05, 0) is 49.5 Å². The number of carbonyl (C=O) groups excluding carboxylic acids is 1. The molecule has 1 saturated heterocycles. The number of benzene rings is 1. The topological polar surface area (TPSA) is 20.3 Å². The average Bonchev–Trinajstić information content (AvgIpc) is 2.46. The monoisotopic (exact) mass is 277 g/mol. The molecule has 102 valence electrons. The van der Waals surface area contributed by atoms with Crippen LogP contribution in [0.15, 0.2) is 30.3 Å². The number of halogens is 1. The molecule has 0 bridgehead atoms. The molecule has 3 heteroatoms. The Labute approximate surface area is 120 Å². The molecule has 1 fully saturated rings. The fourth-order valence-corrected chi connectivity index (χ4v) is 2.68. The maximum atomic E-state index is 12.2. The van der Waals surface area contributed by atoms with Gasteiger partial charge in [-0.1, -0.05) is 30.7 Å². The lowest BCUT2D eigenvalue weighted by Gasteiger charge is -2.34. The van der Waals surface area contributed by atoms with Crippen LogP contribution in [0.2, 0.25) is 5.02 Å². The van der Waals surface area contributed by atoms with Crippen molar-refractivity contribution in [3.05, 3.63) is 40.9 Å². The molecule has 0 N–H and O–H groups in total. The zero-order valence-electron chi connectivity index (χ0n) is 11.3. The van der Waals surface area contributed by atoms with Crippen molar-refractivity contribution in [2.24, 2.45) is 0 Å². The van der Waals surface area contributed by atoms with Crippen LogP contribution in [0.5, 0.6) is 0 Å². The molecule has 1 amide bonds. The van der Waals surface area contributed by atoms with Crippen LogP contribution >= 0.6 is 11.6 Å². The smallest absolute Gasteiger partial charge is 0.246 e. The first-order chi connectivity index (χ1) is 9.20. The summed E-state index contributed by atoms with van der Waals surface area (Å²) in [6, 6.07) is 7.92. The lowest BCUT2D eigenvalue weighted by Crippen LogP contribution is -2.42. The first-order valence-corrected chi connectivity index (χ1v) is 7.32. The first kappa shape index (κ1) is 14.1. The van der Waals surface area contributed by atoms with Gasteiger partial charge in [0, 0.05) is 23.7 Å². The van der Waals surface area contributed by atoms with E-state index in [4.69, 9.17) is 11.6 Å². The summed E-state index contributed by atoms with van der Waals surface area (Å²) in [4.78, 5) is 14.2. The Balaban J connectivity index is 2.01. The van der Waals surface area contributed by atoms with Crippen LogP contribution in [0.1, 0.15) is 38.2 Å². The quantitative estimate of drug-likeness (QED) is 0.760. The molecule has 0 radical (unpaired) electrons. The summed E-state index contributed by atoms with van der Waals surface area (Å²) in [6.07, 6.45) is 8.08. The van der Waals surface area contributed by atoms with Crippen molar-refractivity contribution in [1.29, 1.82) is 0 Å². The number of amides is 1. The van der Waals surface area contributed by atoms with Gasteiger partial charge in [-0.25, -0.2) is 0 Å². The van der Waals surface area contributed by atoms with E-state index in [9.17, 15) is 4.79 Å². The second-order valence-corrected chi connectivity index (χ2v) is 5.41. The maximum absolute atomic E-state index is 12.2. The number of nitrogens with zero attached hydrogens (tertiary/aromatic N) is 1. The Bertz CT molecular complexity index is 452. The fraction of sp³-hybridized carbons (Fsp3) is 0.438. The number of hydrogen-bond acceptors (Lipinski definition) is 1. The molecule has 2 nitrogen and oxygen atoms in total. The fourth-order valence-electron chi connectivity index (χ4n) is 2.55. The Morgan fingerprint density at radius 3 is 2.79 bits per heavy atom. The van der Waals surface area contributed by atoms with Crippen molar-refractivity contribution in [3.8, 4) is 0 Å². The summed E-state index contributed by atoms with van der Waals surface area (Å²) >= 11 is 5.83. The molecule has 1 aromatic carbocycles. The summed E-state index contributed by atoms with van der Waals surface area (Å²) in [5.74, 6) is 0.126. The second-order valence-electron chi connectivity index (χ2n) is 4.97. The van der Waals surface area contributed by atoms with E-state index in [2.05, 4.69) is 6.92 Å². The molecule has 0 saturated carbocycles. The Morgan fingerprint density at radius 2 is 2.11 bits per heavy atom. The third kappa shape index (κ3) is 3.84. The molecule has 0 aromatic heterocycles. The largest absolute Gasteiger partial charge is 0.336 e. The SMILES string of the molecule is CCC1CCCCN1C(=O)C=Cc1ccc(Cl)cc1. The van der Waals surface area contributed by atoms with Gasteiger partial charge < -0.3 is 4.90 Å². The van der Waals surface area contributed by atoms with Crippen LogP contribution in [0, 0.1) is 0 Å². The van der Waals surface area contributed by atoms with Gasteiger partial charge in [0.25, 0.3) is 0 Å². The highest BCUT2D eigenvalue weighted by molar-refractivity contribution is 6.30. The van der Waals surface area contributed by atoms with E-state index in [0.717, 1.165) is 31.4 Å². The number of rotatable bonds is 3. The normalized spacial score (nSPS) is 19.9. The highest BCUT2D eigenvalue weighted by Gasteiger charge is 2.23. The molecule has 1 heterocycles. The van der Waals surface area contributed by atoms with Gasteiger partial charge in [-0.15, -0.1) is 0 Å². The lowest BCUT2D eigenvalue weighted by atomic mass is 10.00. The number of carbonyl (C=O) groups is 1.